The van der Waals surface area contributed by atoms with Crippen molar-refractivity contribution in [3.8, 4) is 5.75 Å². The van der Waals surface area contributed by atoms with Crippen molar-refractivity contribution in [3.63, 3.8) is 0 Å². The van der Waals surface area contributed by atoms with E-state index in [1.54, 1.807) is 23.9 Å². The molecule has 0 radical (unpaired) electrons. The zero-order valence-electron chi connectivity index (χ0n) is 13.9. The predicted octanol–water partition coefficient (Wildman–Crippen LogP) is 3.54. The minimum absolute atomic E-state index is 0.157. The van der Waals surface area contributed by atoms with Gasteiger partial charge in [-0.3, -0.25) is 4.79 Å². The molecule has 0 aliphatic rings. The largest absolute Gasteiger partial charge is 0.497 e. The van der Waals surface area contributed by atoms with Crippen molar-refractivity contribution in [1.82, 2.24) is 0 Å². The first-order chi connectivity index (χ1) is 12.3. The van der Waals surface area contributed by atoms with Crippen molar-refractivity contribution in [3.05, 3.63) is 95.8 Å². The Labute approximate surface area is 147 Å². The van der Waals surface area contributed by atoms with E-state index < -0.39 is 0 Å². The van der Waals surface area contributed by atoms with Gasteiger partial charge in [-0.1, -0.05) is 35.0 Å². The average Bonchev–Trinajstić information content (AvgIpc) is 2.68. The SMILES string of the molecule is COc1ccc(/C=C/c2cccc[n+]2NC(=O)c2ccccc2)cc1. The lowest BCUT2D eigenvalue weighted by Gasteiger charge is -2.02. The molecule has 3 aromatic rings. The number of ether oxygens (including phenoxy) is 1. The summed E-state index contributed by atoms with van der Waals surface area (Å²) in [5.41, 5.74) is 5.41. The first-order valence-electron chi connectivity index (χ1n) is 7.95. The first kappa shape index (κ1) is 16.5. The highest BCUT2D eigenvalue weighted by atomic mass is 16.5. The number of pyridine rings is 1. The highest BCUT2D eigenvalue weighted by molar-refractivity contribution is 5.98. The van der Waals surface area contributed by atoms with E-state index in [0.717, 1.165) is 17.0 Å². The van der Waals surface area contributed by atoms with Crippen molar-refractivity contribution in [2.75, 3.05) is 12.5 Å². The van der Waals surface area contributed by atoms with E-state index in [2.05, 4.69) is 5.43 Å². The maximum absolute atomic E-state index is 12.3. The summed E-state index contributed by atoms with van der Waals surface area (Å²) in [5.74, 6) is 0.665. The topological polar surface area (TPSA) is 42.2 Å². The third-order valence-electron chi connectivity index (χ3n) is 3.71. The summed E-state index contributed by atoms with van der Waals surface area (Å²) >= 11 is 0. The molecule has 1 heterocycles. The molecule has 25 heavy (non-hydrogen) atoms. The average molecular weight is 331 g/mol. The number of nitrogens with zero attached hydrogens (tertiary/aromatic N) is 1. The molecule has 4 heteroatoms. The van der Waals surface area contributed by atoms with E-state index in [1.165, 1.54) is 0 Å². The molecule has 0 unspecified atom stereocenters. The Bertz CT molecular complexity index is 872. The molecule has 0 atom stereocenters. The maximum atomic E-state index is 12.3. The summed E-state index contributed by atoms with van der Waals surface area (Å²) < 4.78 is 6.86. The quantitative estimate of drug-likeness (QED) is 0.727. The number of aromatic nitrogens is 1. The number of carbonyl (C=O) groups is 1. The van der Waals surface area contributed by atoms with Gasteiger partial charge in [-0.25, -0.2) is 0 Å². The molecule has 0 aliphatic carbocycles. The van der Waals surface area contributed by atoms with E-state index in [-0.39, 0.29) is 5.91 Å². The van der Waals surface area contributed by atoms with Crippen molar-refractivity contribution in [1.29, 1.82) is 0 Å². The zero-order valence-corrected chi connectivity index (χ0v) is 13.9. The molecule has 0 saturated heterocycles. The van der Waals surface area contributed by atoms with Gasteiger partial charge in [0.2, 0.25) is 11.9 Å². The van der Waals surface area contributed by atoms with Crippen molar-refractivity contribution in [2.45, 2.75) is 0 Å². The van der Waals surface area contributed by atoms with Gasteiger partial charge in [0.05, 0.1) is 7.11 Å². The number of nitrogens with one attached hydrogen (secondary N) is 1. The van der Waals surface area contributed by atoms with Crippen LogP contribution in [0.15, 0.2) is 79.0 Å². The van der Waals surface area contributed by atoms with Crippen molar-refractivity contribution >= 4 is 18.1 Å². The molecule has 0 spiro atoms. The van der Waals surface area contributed by atoms with Gasteiger partial charge in [-0.15, -0.1) is 5.43 Å². The minimum Gasteiger partial charge on any atom is -0.497 e. The Kier molecular flexibility index (Phi) is 5.22. The second-order valence-electron chi connectivity index (χ2n) is 5.41. The number of carbonyl (C=O) groups excluding carboxylic acids is 1. The van der Waals surface area contributed by atoms with E-state index in [1.807, 2.05) is 79.0 Å². The van der Waals surface area contributed by atoms with Crippen molar-refractivity contribution in [2.24, 2.45) is 0 Å². The number of rotatable bonds is 5. The molecule has 124 valence electrons. The number of methoxy groups -OCH3 is 1. The monoisotopic (exact) mass is 331 g/mol. The van der Waals surface area contributed by atoms with Gasteiger partial charge in [0.15, 0.2) is 0 Å². The number of hydrogen-bond acceptors (Lipinski definition) is 2. The molecular formula is C21H19N2O2+. The van der Waals surface area contributed by atoms with Gasteiger partial charge in [-0.05, 0) is 42.0 Å². The molecule has 0 fully saturated rings. The van der Waals surface area contributed by atoms with Gasteiger partial charge < -0.3 is 4.74 Å². The van der Waals surface area contributed by atoms with Crippen LogP contribution in [0, 0.1) is 0 Å². The van der Waals surface area contributed by atoms with Crippen LogP contribution in [0.4, 0.5) is 0 Å². The lowest BCUT2D eigenvalue weighted by Crippen LogP contribution is -2.50. The van der Waals surface area contributed by atoms with E-state index in [0.29, 0.717) is 5.56 Å². The number of amides is 1. The highest BCUT2D eigenvalue weighted by Crippen LogP contribution is 2.13. The van der Waals surface area contributed by atoms with E-state index in [4.69, 9.17) is 4.74 Å². The van der Waals surface area contributed by atoms with Crippen LogP contribution in [0.25, 0.3) is 12.2 Å². The van der Waals surface area contributed by atoms with Gasteiger partial charge in [-0.2, -0.15) is 0 Å². The fraction of sp³-hybridized carbons (Fsp3) is 0.0476. The van der Waals surface area contributed by atoms with Crippen LogP contribution in [0.5, 0.6) is 5.75 Å². The molecule has 2 aromatic carbocycles. The Balaban J connectivity index is 1.78. The highest BCUT2D eigenvalue weighted by Gasteiger charge is 2.13. The molecule has 0 aliphatic heterocycles. The predicted molar refractivity (Wildman–Crippen MR) is 98.7 cm³/mol. The fourth-order valence-electron chi connectivity index (χ4n) is 2.35. The van der Waals surface area contributed by atoms with Gasteiger partial charge >= 0.3 is 5.91 Å². The summed E-state index contributed by atoms with van der Waals surface area (Å²) in [4.78, 5) is 12.3. The maximum Gasteiger partial charge on any atom is 0.305 e. The minimum atomic E-state index is -0.157. The van der Waals surface area contributed by atoms with Gasteiger partial charge in [0.25, 0.3) is 0 Å². The van der Waals surface area contributed by atoms with E-state index in [9.17, 15) is 4.79 Å². The number of hydrogen-bond donors (Lipinski definition) is 1. The van der Waals surface area contributed by atoms with Crippen LogP contribution in [0.1, 0.15) is 21.6 Å². The van der Waals surface area contributed by atoms with Crippen LogP contribution < -0.4 is 14.8 Å². The zero-order chi connectivity index (χ0) is 17.5. The van der Waals surface area contributed by atoms with Gasteiger partial charge in [0, 0.05) is 23.8 Å². The summed E-state index contributed by atoms with van der Waals surface area (Å²) in [5, 5.41) is 0. The number of benzene rings is 2. The summed E-state index contributed by atoms with van der Waals surface area (Å²) in [6, 6.07) is 22.7. The Morgan fingerprint density at radius 3 is 2.36 bits per heavy atom. The molecule has 4 nitrogen and oxygen atoms in total. The normalized spacial score (nSPS) is 10.6. The molecule has 1 aromatic heterocycles. The van der Waals surface area contributed by atoms with Crippen LogP contribution in [-0.2, 0) is 0 Å². The molecule has 1 amide bonds. The summed E-state index contributed by atoms with van der Waals surface area (Å²) in [7, 11) is 1.65. The Morgan fingerprint density at radius 2 is 1.64 bits per heavy atom. The molecule has 3 rings (SSSR count). The second-order valence-corrected chi connectivity index (χ2v) is 5.41. The fourth-order valence-corrected chi connectivity index (χ4v) is 2.35. The van der Waals surface area contributed by atoms with Gasteiger partial charge in [0.1, 0.15) is 5.75 Å². The third-order valence-corrected chi connectivity index (χ3v) is 3.71. The summed E-state index contributed by atoms with van der Waals surface area (Å²) in [6.45, 7) is 0. The molecule has 0 bridgehead atoms. The Hall–Kier alpha value is -3.40. The second kappa shape index (κ2) is 7.93. The van der Waals surface area contributed by atoms with Crippen molar-refractivity contribution < 1.29 is 14.2 Å². The third kappa shape index (κ3) is 4.32. The molecule has 0 saturated carbocycles. The molecule has 1 N–H and O–H groups in total. The van der Waals surface area contributed by atoms with E-state index >= 15 is 0 Å². The molecular weight excluding hydrogens is 312 g/mol. The lowest BCUT2D eigenvalue weighted by molar-refractivity contribution is -0.643. The van der Waals surface area contributed by atoms with Crippen LogP contribution in [-0.4, -0.2) is 13.0 Å². The standard InChI is InChI=1S/C21H18N2O2/c1-25-20-14-11-17(12-15-20)10-13-19-9-5-6-16-23(19)22-21(24)18-7-3-2-4-8-18/h2-16H,1H3/p+1/b13-10+. The van der Waals surface area contributed by atoms with Crippen LogP contribution in [0.3, 0.4) is 0 Å². The Morgan fingerprint density at radius 1 is 0.920 bits per heavy atom. The first-order valence-corrected chi connectivity index (χ1v) is 7.95. The smallest absolute Gasteiger partial charge is 0.305 e. The van der Waals surface area contributed by atoms with Crippen LogP contribution >= 0.6 is 0 Å². The summed E-state index contributed by atoms with van der Waals surface area (Å²) in [6.07, 6.45) is 5.75. The van der Waals surface area contributed by atoms with Crippen LogP contribution in [0.2, 0.25) is 0 Å². The lowest BCUT2D eigenvalue weighted by atomic mass is 10.2.